The molecule has 6 saturated carbocycles. The Bertz CT molecular complexity index is 1620. The molecule has 2 heterocycles. The number of rotatable bonds is 6. The number of hydrogen-bond donors (Lipinski definition) is 1. The van der Waals surface area contributed by atoms with Crippen LogP contribution in [0.1, 0.15) is 122 Å². The Balaban J connectivity index is 0.000000158. The van der Waals surface area contributed by atoms with E-state index in [-0.39, 0.29) is 59.0 Å². The van der Waals surface area contributed by atoms with E-state index in [1.54, 1.807) is 13.8 Å². The molecule has 13 heteroatoms. The van der Waals surface area contributed by atoms with Crippen LogP contribution < -0.4 is 0 Å². The van der Waals surface area contributed by atoms with Gasteiger partial charge in [-0.15, -0.1) is 0 Å². The smallest absolute Gasteiger partial charge is 0.317 e. The molecule has 2 aliphatic heterocycles. The first kappa shape index (κ1) is 46.6. The van der Waals surface area contributed by atoms with Crippen LogP contribution in [0.3, 0.4) is 0 Å². The highest BCUT2D eigenvalue weighted by atomic mass is 16.6. The summed E-state index contributed by atoms with van der Waals surface area (Å²) in [6.07, 6.45) is 4.79. The highest BCUT2D eigenvalue weighted by Crippen LogP contribution is 2.59. The summed E-state index contributed by atoms with van der Waals surface area (Å²) < 4.78 is 25.7. The van der Waals surface area contributed by atoms with Crippen LogP contribution in [0.4, 0.5) is 0 Å². The number of methoxy groups -OCH3 is 1. The van der Waals surface area contributed by atoms with Gasteiger partial charge in [0.15, 0.2) is 0 Å². The molecule has 13 nitrogen and oxygen atoms in total. The molecule has 332 valence electrons. The molecule has 2 saturated heterocycles. The number of aliphatic carboxylic acids is 1. The highest BCUT2D eigenvalue weighted by Gasteiger charge is 2.70. The number of carbonyl (C=O) groups excluding carboxylic acids is 6. The minimum Gasteiger partial charge on any atom is -0.481 e. The summed E-state index contributed by atoms with van der Waals surface area (Å²) in [6, 6.07) is 0. The summed E-state index contributed by atoms with van der Waals surface area (Å²) in [5.74, 6) is 1.42. The fourth-order valence-electron chi connectivity index (χ4n) is 11.5. The van der Waals surface area contributed by atoms with Crippen molar-refractivity contribution in [1.82, 2.24) is 0 Å². The van der Waals surface area contributed by atoms with Crippen LogP contribution in [0, 0.1) is 100 Å². The quantitative estimate of drug-likeness (QED) is 0.166. The lowest BCUT2D eigenvalue weighted by atomic mass is 9.76. The number of cyclic esters (lactones) is 2. The third-order valence-corrected chi connectivity index (χ3v) is 16.2. The van der Waals surface area contributed by atoms with E-state index in [0.717, 1.165) is 30.6 Å². The SMILES string of the molecule is CC1C(=O)OC(=O)C1C.CC1C2CC(C(=O)O)C(C2)C1C.CC1C2CC(C(=O)OC(C)(C)C)C(C2)C1C.CCC(C)(C)C(=O)OC1C2CC3C1OC(=O)C3C2C(=O)OC. The normalized spacial score (nSPS) is 41.7. The van der Waals surface area contributed by atoms with E-state index in [0.29, 0.717) is 42.4 Å². The van der Waals surface area contributed by atoms with Crippen molar-refractivity contribution in [2.24, 2.45) is 100 Å². The van der Waals surface area contributed by atoms with Gasteiger partial charge in [0.2, 0.25) is 0 Å². The maximum Gasteiger partial charge on any atom is 0.317 e. The number of carboxylic acid groups (broad SMARTS) is 1. The third kappa shape index (κ3) is 9.09. The van der Waals surface area contributed by atoms with Crippen molar-refractivity contribution in [2.75, 3.05) is 7.11 Å². The van der Waals surface area contributed by atoms with Gasteiger partial charge in [-0.3, -0.25) is 33.6 Å². The second-order valence-corrected chi connectivity index (χ2v) is 20.8. The zero-order valence-corrected chi connectivity index (χ0v) is 37.5. The first-order valence-electron chi connectivity index (χ1n) is 22.1. The molecule has 0 aromatic rings. The van der Waals surface area contributed by atoms with E-state index < -0.39 is 53.3 Å². The number of fused-ring (bicyclic) bond motifs is 5. The number of carboxylic acids is 1. The van der Waals surface area contributed by atoms with E-state index in [2.05, 4.69) is 32.4 Å². The molecular weight excluding hydrogens is 760 g/mol. The lowest BCUT2D eigenvalue weighted by molar-refractivity contribution is -0.173. The molecule has 0 spiro atoms. The summed E-state index contributed by atoms with van der Waals surface area (Å²) >= 11 is 0. The van der Waals surface area contributed by atoms with E-state index in [1.807, 2.05) is 41.5 Å². The van der Waals surface area contributed by atoms with Crippen LogP contribution in [0.25, 0.3) is 0 Å². The first-order chi connectivity index (χ1) is 27.3. The van der Waals surface area contributed by atoms with E-state index in [1.165, 1.54) is 20.0 Å². The first-order valence-corrected chi connectivity index (χ1v) is 22.1. The van der Waals surface area contributed by atoms with Gasteiger partial charge >= 0.3 is 41.8 Å². The summed E-state index contributed by atoms with van der Waals surface area (Å²) in [5.41, 5.74) is -0.932. The molecule has 18 atom stereocenters. The van der Waals surface area contributed by atoms with Gasteiger partial charge in [0.05, 0.1) is 48.0 Å². The summed E-state index contributed by atoms with van der Waals surface area (Å²) in [5, 5.41) is 8.94. The van der Waals surface area contributed by atoms with Gasteiger partial charge in [-0.1, -0.05) is 48.5 Å². The average molecular weight is 831 g/mol. The van der Waals surface area contributed by atoms with Gasteiger partial charge < -0.3 is 28.8 Å². The molecule has 1 N–H and O–H groups in total. The van der Waals surface area contributed by atoms with Crippen LogP contribution in [-0.2, 0) is 57.2 Å². The lowest BCUT2D eigenvalue weighted by Gasteiger charge is -2.32. The van der Waals surface area contributed by atoms with Crippen LogP contribution in [-0.4, -0.2) is 71.8 Å². The Morgan fingerprint density at radius 3 is 1.59 bits per heavy atom. The van der Waals surface area contributed by atoms with Crippen molar-refractivity contribution in [1.29, 1.82) is 0 Å². The van der Waals surface area contributed by atoms with Crippen molar-refractivity contribution in [2.45, 2.75) is 139 Å². The van der Waals surface area contributed by atoms with E-state index in [4.69, 9.17) is 24.1 Å². The predicted octanol–water partition coefficient (Wildman–Crippen LogP) is 6.91. The van der Waals surface area contributed by atoms with Crippen molar-refractivity contribution in [3.63, 3.8) is 0 Å². The summed E-state index contributed by atoms with van der Waals surface area (Å²) in [6.45, 7) is 23.9. The van der Waals surface area contributed by atoms with Gasteiger partial charge in [0.25, 0.3) is 0 Å². The molecule has 6 bridgehead atoms. The molecule has 8 fully saturated rings. The van der Waals surface area contributed by atoms with Gasteiger partial charge in [0, 0.05) is 11.8 Å². The Morgan fingerprint density at radius 1 is 0.678 bits per heavy atom. The largest absolute Gasteiger partial charge is 0.481 e. The Labute approximate surface area is 350 Å². The maximum atomic E-state index is 12.4. The van der Waals surface area contributed by atoms with Gasteiger partial charge in [-0.2, -0.15) is 0 Å². The second-order valence-electron chi connectivity index (χ2n) is 20.8. The van der Waals surface area contributed by atoms with Crippen molar-refractivity contribution < 1.29 is 62.4 Å². The van der Waals surface area contributed by atoms with Crippen LogP contribution >= 0.6 is 0 Å². The number of esters is 6. The Morgan fingerprint density at radius 2 is 1.19 bits per heavy atom. The standard InChI is InChI=1S/C16H22O6.C14H24O2.C10H16O2.C6H8O3/c1-5-16(2,3)15(19)22-12-7-6-8-10(9(7)13(17)20-4)14(18)21-11(8)12;1-8-9(2)11-6-10(8)7-12(11)13(15)16-14(3,4)5;1-5-6(2)8-3-7(5)4-9(8)10(11)12;1-3-4(2)6(8)9-5(3)7/h7-12H,5-6H2,1-4H3;8-12H,6-7H2,1-5H3;5-9H,3-4H2,1-2H3,(H,11,12);3-4H,1-2H3. The molecule has 8 rings (SSSR count). The molecule has 8 aliphatic rings. The number of carbonyl (C=O) groups is 7. The topological polar surface area (TPSA) is 186 Å². The summed E-state index contributed by atoms with van der Waals surface area (Å²) in [4.78, 5) is 80.5. The molecule has 0 aromatic heterocycles. The molecule has 6 aliphatic carbocycles. The van der Waals surface area contributed by atoms with Gasteiger partial charge in [-0.05, 0) is 120 Å². The van der Waals surface area contributed by atoms with E-state index >= 15 is 0 Å². The highest BCUT2D eigenvalue weighted by molar-refractivity contribution is 5.95. The summed E-state index contributed by atoms with van der Waals surface area (Å²) in [7, 11) is 1.31. The Hall–Kier alpha value is -3.51. The zero-order valence-electron chi connectivity index (χ0n) is 37.5. The predicted molar refractivity (Wildman–Crippen MR) is 213 cm³/mol. The molecule has 59 heavy (non-hydrogen) atoms. The van der Waals surface area contributed by atoms with Crippen LogP contribution in [0.5, 0.6) is 0 Å². The average Bonchev–Trinajstić information content (AvgIpc) is 4.05. The zero-order chi connectivity index (χ0) is 44.2. The van der Waals surface area contributed by atoms with Gasteiger partial charge in [0.1, 0.15) is 17.8 Å². The van der Waals surface area contributed by atoms with E-state index in [9.17, 15) is 33.6 Å². The monoisotopic (exact) mass is 830 g/mol. The van der Waals surface area contributed by atoms with Crippen molar-refractivity contribution in [3.05, 3.63) is 0 Å². The third-order valence-electron chi connectivity index (χ3n) is 16.2. The minimum absolute atomic E-state index is 0.0267. The van der Waals surface area contributed by atoms with Crippen LogP contribution in [0.2, 0.25) is 0 Å². The van der Waals surface area contributed by atoms with Gasteiger partial charge in [-0.25, -0.2) is 0 Å². The fraction of sp³-hybridized carbons (Fsp3) is 0.848. The fourth-order valence-corrected chi connectivity index (χ4v) is 11.5. The Kier molecular flexibility index (Phi) is 13.8. The second kappa shape index (κ2) is 17.5. The molecule has 0 amide bonds. The molecule has 0 aromatic carbocycles. The maximum absolute atomic E-state index is 12.4. The lowest BCUT2D eigenvalue weighted by Crippen LogP contribution is -2.45. The molecular formula is C46H70O13. The molecule has 18 unspecified atom stereocenters. The molecule has 0 radical (unpaired) electrons. The minimum atomic E-state index is -0.593. The van der Waals surface area contributed by atoms with Crippen molar-refractivity contribution in [3.8, 4) is 0 Å². The number of hydrogen-bond acceptors (Lipinski definition) is 12. The van der Waals surface area contributed by atoms with Crippen molar-refractivity contribution >= 4 is 41.8 Å². The van der Waals surface area contributed by atoms with Crippen LogP contribution in [0.15, 0.2) is 0 Å². The number of ether oxygens (including phenoxy) is 5.